The van der Waals surface area contributed by atoms with Gasteiger partial charge in [0.1, 0.15) is 5.76 Å². The van der Waals surface area contributed by atoms with Crippen LogP contribution in [0.25, 0.3) is 0 Å². The summed E-state index contributed by atoms with van der Waals surface area (Å²) >= 11 is 0. The first-order valence-electron chi connectivity index (χ1n) is 8.34. The molecule has 0 aliphatic rings. The SMILES string of the molecule is CCc1ocnc1C(=O)Nc1ccccc1C(=O)NCc1ccccc1. The largest absolute Gasteiger partial charge is 0.448 e. The lowest BCUT2D eigenvalue weighted by Crippen LogP contribution is -2.25. The van der Waals surface area contributed by atoms with Gasteiger partial charge in [0, 0.05) is 13.0 Å². The maximum Gasteiger partial charge on any atom is 0.277 e. The van der Waals surface area contributed by atoms with E-state index in [0.29, 0.717) is 30.0 Å². The molecule has 1 heterocycles. The van der Waals surface area contributed by atoms with Crippen molar-refractivity contribution in [2.45, 2.75) is 19.9 Å². The van der Waals surface area contributed by atoms with Gasteiger partial charge in [-0.15, -0.1) is 0 Å². The number of aromatic nitrogens is 1. The molecule has 3 rings (SSSR count). The summed E-state index contributed by atoms with van der Waals surface area (Å²) in [5, 5.41) is 5.61. The smallest absolute Gasteiger partial charge is 0.277 e. The highest BCUT2D eigenvalue weighted by Gasteiger charge is 2.18. The Kier molecular flexibility index (Phi) is 5.43. The summed E-state index contributed by atoms with van der Waals surface area (Å²) in [6.07, 6.45) is 1.80. The van der Waals surface area contributed by atoms with Gasteiger partial charge in [0.25, 0.3) is 11.8 Å². The number of benzene rings is 2. The average Bonchev–Trinajstić information content (AvgIpc) is 3.16. The van der Waals surface area contributed by atoms with Crippen LogP contribution in [0.15, 0.2) is 65.4 Å². The molecular weight excluding hydrogens is 330 g/mol. The molecule has 2 aromatic carbocycles. The quantitative estimate of drug-likeness (QED) is 0.714. The van der Waals surface area contributed by atoms with Gasteiger partial charge in [-0.1, -0.05) is 49.4 Å². The van der Waals surface area contributed by atoms with Crippen molar-refractivity contribution in [3.8, 4) is 0 Å². The Morgan fingerprint density at radius 1 is 1.00 bits per heavy atom. The zero-order chi connectivity index (χ0) is 18.4. The van der Waals surface area contributed by atoms with E-state index in [1.54, 1.807) is 24.3 Å². The van der Waals surface area contributed by atoms with Crippen molar-refractivity contribution in [3.63, 3.8) is 0 Å². The number of para-hydroxylation sites is 1. The number of oxazole rings is 1. The Morgan fingerprint density at radius 3 is 2.50 bits per heavy atom. The maximum absolute atomic E-state index is 12.5. The number of carbonyl (C=O) groups excluding carboxylic acids is 2. The second-order valence-corrected chi connectivity index (χ2v) is 5.65. The number of aryl methyl sites for hydroxylation is 1. The van der Waals surface area contributed by atoms with E-state index in [1.165, 1.54) is 6.39 Å². The number of nitrogens with one attached hydrogen (secondary N) is 2. The molecule has 0 radical (unpaired) electrons. The molecule has 132 valence electrons. The van der Waals surface area contributed by atoms with Crippen molar-refractivity contribution in [3.05, 3.63) is 83.6 Å². The molecule has 6 heteroatoms. The molecule has 0 aliphatic heterocycles. The van der Waals surface area contributed by atoms with Crippen LogP contribution in [0.3, 0.4) is 0 Å². The highest BCUT2D eigenvalue weighted by molar-refractivity contribution is 6.08. The van der Waals surface area contributed by atoms with E-state index < -0.39 is 5.91 Å². The molecule has 2 amide bonds. The third-order valence-corrected chi connectivity index (χ3v) is 3.89. The summed E-state index contributed by atoms with van der Waals surface area (Å²) in [7, 11) is 0. The van der Waals surface area contributed by atoms with E-state index in [9.17, 15) is 9.59 Å². The predicted molar refractivity (Wildman–Crippen MR) is 97.9 cm³/mol. The van der Waals surface area contributed by atoms with Crippen molar-refractivity contribution in [2.75, 3.05) is 5.32 Å². The Labute approximate surface area is 151 Å². The van der Waals surface area contributed by atoms with E-state index in [1.807, 2.05) is 37.3 Å². The molecule has 0 atom stereocenters. The minimum absolute atomic E-state index is 0.229. The summed E-state index contributed by atoms with van der Waals surface area (Å²) in [5.41, 5.74) is 2.04. The van der Waals surface area contributed by atoms with Gasteiger partial charge >= 0.3 is 0 Å². The van der Waals surface area contributed by atoms with Gasteiger partial charge < -0.3 is 15.1 Å². The van der Waals surface area contributed by atoms with Gasteiger partial charge in [-0.25, -0.2) is 4.98 Å². The third kappa shape index (κ3) is 3.97. The lowest BCUT2D eigenvalue weighted by atomic mass is 10.1. The van der Waals surface area contributed by atoms with Gasteiger partial charge in [0.2, 0.25) is 0 Å². The lowest BCUT2D eigenvalue weighted by molar-refractivity contribution is 0.0952. The second-order valence-electron chi connectivity index (χ2n) is 5.65. The standard InChI is InChI=1S/C20H19N3O3/c1-2-17-18(22-13-26-17)20(25)23-16-11-7-6-10-15(16)19(24)21-12-14-8-4-3-5-9-14/h3-11,13H,2,12H2,1H3,(H,21,24)(H,23,25). The lowest BCUT2D eigenvalue weighted by Gasteiger charge is -2.11. The van der Waals surface area contributed by atoms with Crippen LogP contribution >= 0.6 is 0 Å². The third-order valence-electron chi connectivity index (χ3n) is 3.89. The summed E-state index contributed by atoms with van der Waals surface area (Å²) in [4.78, 5) is 28.9. The number of nitrogens with zero attached hydrogens (tertiary/aromatic N) is 1. The van der Waals surface area contributed by atoms with E-state index >= 15 is 0 Å². The highest BCUT2D eigenvalue weighted by atomic mass is 16.3. The maximum atomic E-state index is 12.5. The Morgan fingerprint density at radius 2 is 1.73 bits per heavy atom. The van der Waals surface area contributed by atoms with E-state index in [2.05, 4.69) is 15.6 Å². The first kappa shape index (κ1) is 17.4. The van der Waals surface area contributed by atoms with Crippen LogP contribution in [0, 0.1) is 0 Å². The first-order valence-corrected chi connectivity index (χ1v) is 8.34. The van der Waals surface area contributed by atoms with Gasteiger partial charge in [-0.05, 0) is 17.7 Å². The zero-order valence-electron chi connectivity index (χ0n) is 14.4. The molecule has 26 heavy (non-hydrogen) atoms. The average molecular weight is 349 g/mol. The minimum atomic E-state index is -0.404. The van der Waals surface area contributed by atoms with Crippen molar-refractivity contribution in [1.29, 1.82) is 0 Å². The number of amides is 2. The van der Waals surface area contributed by atoms with E-state index in [4.69, 9.17) is 4.42 Å². The molecule has 0 saturated carbocycles. The topological polar surface area (TPSA) is 84.2 Å². The molecule has 1 aromatic heterocycles. The molecule has 0 bridgehead atoms. The molecule has 2 N–H and O–H groups in total. The Balaban J connectivity index is 1.73. The van der Waals surface area contributed by atoms with Crippen LogP contribution < -0.4 is 10.6 Å². The summed E-state index contributed by atoms with van der Waals surface area (Å²) in [5.74, 6) is -0.159. The van der Waals surface area contributed by atoms with Crippen LogP contribution in [0.5, 0.6) is 0 Å². The minimum Gasteiger partial charge on any atom is -0.448 e. The molecule has 0 fully saturated rings. The van der Waals surface area contributed by atoms with E-state index in [0.717, 1.165) is 5.56 Å². The Hall–Kier alpha value is -3.41. The fourth-order valence-electron chi connectivity index (χ4n) is 2.55. The van der Waals surface area contributed by atoms with Gasteiger partial charge in [-0.2, -0.15) is 0 Å². The van der Waals surface area contributed by atoms with Crippen molar-refractivity contribution in [1.82, 2.24) is 10.3 Å². The zero-order valence-corrected chi connectivity index (χ0v) is 14.4. The molecule has 0 saturated heterocycles. The van der Waals surface area contributed by atoms with Gasteiger partial charge in [0.05, 0.1) is 11.3 Å². The van der Waals surface area contributed by atoms with Crippen molar-refractivity contribution in [2.24, 2.45) is 0 Å². The van der Waals surface area contributed by atoms with Gasteiger partial charge in [-0.3, -0.25) is 9.59 Å². The number of hydrogen-bond acceptors (Lipinski definition) is 4. The number of carbonyl (C=O) groups is 2. The van der Waals surface area contributed by atoms with Crippen LogP contribution in [0.2, 0.25) is 0 Å². The number of hydrogen-bond donors (Lipinski definition) is 2. The molecule has 0 spiro atoms. The van der Waals surface area contributed by atoms with Crippen molar-refractivity contribution < 1.29 is 14.0 Å². The monoisotopic (exact) mass is 349 g/mol. The van der Waals surface area contributed by atoms with Crippen LogP contribution in [0.4, 0.5) is 5.69 Å². The van der Waals surface area contributed by atoms with E-state index in [-0.39, 0.29) is 11.6 Å². The van der Waals surface area contributed by atoms with Crippen LogP contribution in [-0.4, -0.2) is 16.8 Å². The number of rotatable bonds is 6. The molecule has 0 aliphatic carbocycles. The van der Waals surface area contributed by atoms with Crippen LogP contribution in [0.1, 0.15) is 39.1 Å². The molecular formula is C20H19N3O3. The summed E-state index contributed by atoms with van der Waals surface area (Å²) in [6, 6.07) is 16.5. The molecule has 0 unspecified atom stereocenters. The molecule has 3 aromatic rings. The fraction of sp³-hybridized carbons (Fsp3) is 0.150. The Bertz CT molecular complexity index is 903. The number of anilines is 1. The molecule has 6 nitrogen and oxygen atoms in total. The second kappa shape index (κ2) is 8.11. The first-order chi connectivity index (χ1) is 12.7. The van der Waals surface area contributed by atoms with Gasteiger partial charge in [0.15, 0.2) is 12.1 Å². The van der Waals surface area contributed by atoms with Crippen LogP contribution in [-0.2, 0) is 13.0 Å². The summed E-state index contributed by atoms with van der Waals surface area (Å²) < 4.78 is 5.19. The summed E-state index contributed by atoms with van der Waals surface area (Å²) in [6.45, 7) is 2.29. The predicted octanol–water partition coefficient (Wildman–Crippen LogP) is 3.42. The van der Waals surface area contributed by atoms with Crippen molar-refractivity contribution >= 4 is 17.5 Å². The highest BCUT2D eigenvalue weighted by Crippen LogP contribution is 2.17. The fourth-order valence-corrected chi connectivity index (χ4v) is 2.55. The normalized spacial score (nSPS) is 10.3.